The zero-order valence-electron chi connectivity index (χ0n) is 15.2. The van der Waals surface area contributed by atoms with Crippen molar-refractivity contribution in [3.05, 3.63) is 87.4 Å². The number of carboxylic acids is 1. The Balaban J connectivity index is 1.84. The van der Waals surface area contributed by atoms with Crippen molar-refractivity contribution in [2.45, 2.75) is 20.0 Å². The molecule has 3 rings (SSSR count). The number of hydrogen-bond donors (Lipinski definition) is 2. The van der Waals surface area contributed by atoms with Crippen molar-refractivity contribution in [2.24, 2.45) is 0 Å². The molecule has 6 heteroatoms. The van der Waals surface area contributed by atoms with Gasteiger partial charge in [-0.2, -0.15) is 0 Å². The standard InChI is InChI=1S/C22H19Cl2NO3/c1-14-5-4-6-15(11-14)13-28-19-10-9-17(23)22(21(19)24)25-18-8-3-2-7-16(18)12-20(26)27/h2-11,25H,12-13H2,1H3,(H,26,27). The Morgan fingerprint density at radius 1 is 1.07 bits per heavy atom. The highest BCUT2D eigenvalue weighted by atomic mass is 35.5. The SMILES string of the molecule is Cc1cccc(COc2ccc(Cl)c(Nc3ccccc3CC(=O)O)c2Cl)c1. The maximum absolute atomic E-state index is 11.1. The molecule has 0 saturated carbocycles. The van der Waals surface area contributed by atoms with Gasteiger partial charge in [-0.15, -0.1) is 0 Å². The quantitative estimate of drug-likeness (QED) is 0.478. The second kappa shape index (κ2) is 9.00. The molecular formula is C22H19Cl2NO3. The van der Waals surface area contributed by atoms with E-state index < -0.39 is 5.97 Å². The van der Waals surface area contributed by atoms with Crippen LogP contribution in [-0.2, 0) is 17.8 Å². The zero-order valence-corrected chi connectivity index (χ0v) is 16.7. The first-order valence-corrected chi connectivity index (χ1v) is 9.42. The molecule has 2 N–H and O–H groups in total. The average molecular weight is 416 g/mol. The summed E-state index contributed by atoms with van der Waals surface area (Å²) >= 11 is 12.9. The molecule has 0 bridgehead atoms. The molecule has 0 amide bonds. The Kier molecular flexibility index (Phi) is 6.45. The number of carboxylic acid groups (broad SMARTS) is 1. The summed E-state index contributed by atoms with van der Waals surface area (Å²) in [5, 5.41) is 13.0. The van der Waals surface area contributed by atoms with Crippen LogP contribution in [0.3, 0.4) is 0 Å². The molecular weight excluding hydrogens is 397 g/mol. The lowest BCUT2D eigenvalue weighted by Crippen LogP contribution is -2.04. The number of ether oxygens (including phenoxy) is 1. The summed E-state index contributed by atoms with van der Waals surface area (Å²) in [7, 11) is 0. The predicted octanol–water partition coefficient (Wildman–Crippen LogP) is 6.25. The van der Waals surface area contributed by atoms with E-state index in [9.17, 15) is 4.79 Å². The van der Waals surface area contributed by atoms with Crippen molar-refractivity contribution in [1.82, 2.24) is 0 Å². The lowest BCUT2D eigenvalue weighted by molar-refractivity contribution is -0.136. The lowest BCUT2D eigenvalue weighted by atomic mass is 10.1. The number of carbonyl (C=O) groups is 1. The highest BCUT2D eigenvalue weighted by molar-refractivity contribution is 6.40. The number of hydrogen-bond acceptors (Lipinski definition) is 3. The van der Waals surface area contributed by atoms with Crippen LogP contribution in [0.4, 0.5) is 11.4 Å². The van der Waals surface area contributed by atoms with Crippen molar-refractivity contribution in [2.75, 3.05) is 5.32 Å². The first-order chi connectivity index (χ1) is 13.4. The summed E-state index contributed by atoms with van der Waals surface area (Å²) in [6, 6.07) is 18.6. The number of anilines is 2. The molecule has 3 aromatic rings. The van der Waals surface area contributed by atoms with Gasteiger partial charge in [-0.3, -0.25) is 4.79 Å². The third kappa shape index (κ3) is 4.97. The van der Waals surface area contributed by atoms with Crippen LogP contribution in [0.2, 0.25) is 10.0 Å². The number of aryl methyl sites for hydroxylation is 1. The minimum Gasteiger partial charge on any atom is -0.487 e. The minimum atomic E-state index is -0.915. The molecule has 0 aliphatic carbocycles. The van der Waals surface area contributed by atoms with E-state index in [2.05, 4.69) is 5.32 Å². The Morgan fingerprint density at radius 3 is 2.61 bits per heavy atom. The van der Waals surface area contributed by atoms with E-state index >= 15 is 0 Å². The van der Waals surface area contributed by atoms with Gasteiger partial charge in [0.05, 0.1) is 17.1 Å². The van der Waals surface area contributed by atoms with E-state index in [-0.39, 0.29) is 6.42 Å². The van der Waals surface area contributed by atoms with Crippen molar-refractivity contribution in [3.8, 4) is 5.75 Å². The Bertz CT molecular complexity index is 1000. The Labute approximate surface area is 173 Å². The summed E-state index contributed by atoms with van der Waals surface area (Å²) in [6.07, 6.45) is -0.109. The van der Waals surface area contributed by atoms with Crippen LogP contribution in [-0.4, -0.2) is 11.1 Å². The van der Waals surface area contributed by atoms with E-state index in [1.807, 2.05) is 37.3 Å². The molecule has 0 spiro atoms. The second-order valence-corrected chi connectivity index (χ2v) is 7.15. The molecule has 0 aliphatic rings. The van der Waals surface area contributed by atoms with E-state index in [1.165, 1.54) is 0 Å². The minimum absolute atomic E-state index is 0.109. The fraction of sp³-hybridized carbons (Fsp3) is 0.136. The zero-order chi connectivity index (χ0) is 20.1. The highest BCUT2D eigenvalue weighted by Crippen LogP contribution is 2.40. The fourth-order valence-corrected chi connectivity index (χ4v) is 3.34. The summed E-state index contributed by atoms with van der Waals surface area (Å²) in [6.45, 7) is 2.40. The van der Waals surface area contributed by atoms with E-state index in [4.69, 9.17) is 33.0 Å². The topological polar surface area (TPSA) is 58.6 Å². The van der Waals surface area contributed by atoms with Crippen LogP contribution < -0.4 is 10.1 Å². The molecule has 0 radical (unpaired) electrons. The van der Waals surface area contributed by atoms with Crippen molar-refractivity contribution >= 4 is 40.5 Å². The van der Waals surface area contributed by atoms with Gasteiger partial charge in [0.25, 0.3) is 0 Å². The molecule has 144 valence electrons. The number of benzene rings is 3. The first kappa shape index (κ1) is 20.1. The third-order valence-corrected chi connectivity index (χ3v) is 4.84. The predicted molar refractivity (Wildman–Crippen MR) is 113 cm³/mol. The van der Waals surface area contributed by atoms with Crippen LogP contribution in [0.1, 0.15) is 16.7 Å². The summed E-state index contributed by atoms with van der Waals surface area (Å²) in [5.41, 5.74) is 3.92. The molecule has 0 aliphatic heterocycles. The van der Waals surface area contributed by atoms with Crippen LogP contribution >= 0.6 is 23.2 Å². The van der Waals surface area contributed by atoms with Crippen molar-refractivity contribution in [3.63, 3.8) is 0 Å². The van der Waals surface area contributed by atoms with Gasteiger partial charge < -0.3 is 15.2 Å². The number of rotatable bonds is 7. The van der Waals surface area contributed by atoms with Crippen LogP contribution in [0.25, 0.3) is 0 Å². The van der Waals surface area contributed by atoms with Crippen molar-refractivity contribution in [1.29, 1.82) is 0 Å². The van der Waals surface area contributed by atoms with Gasteiger partial charge in [0, 0.05) is 5.69 Å². The smallest absolute Gasteiger partial charge is 0.307 e. The van der Waals surface area contributed by atoms with Gasteiger partial charge in [0.2, 0.25) is 0 Å². The van der Waals surface area contributed by atoms with Crippen LogP contribution in [0.5, 0.6) is 5.75 Å². The number of para-hydroxylation sites is 1. The van der Waals surface area contributed by atoms with Gasteiger partial charge in [-0.25, -0.2) is 0 Å². The maximum atomic E-state index is 11.1. The van der Waals surface area contributed by atoms with E-state index in [1.54, 1.807) is 30.3 Å². The normalized spacial score (nSPS) is 10.5. The molecule has 0 fully saturated rings. The van der Waals surface area contributed by atoms with Gasteiger partial charge >= 0.3 is 5.97 Å². The third-order valence-electron chi connectivity index (χ3n) is 4.15. The van der Waals surface area contributed by atoms with Crippen molar-refractivity contribution < 1.29 is 14.6 Å². The van der Waals surface area contributed by atoms with Gasteiger partial charge in [0.1, 0.15) is 17.4 Å². The molecule has 3 aromatic carbocycles. The molecule has 4 nitrogen and oxygen atoms in total. The molecule has 0 aromatic heterocycles. The van der Waals surface area contributed by atoms with E-state index in [0.717, 1.165) is 11.1 Å². The highest BCUT2D eigenvalue weighted by Gasteiger charge is 2.15. The maximum Gasteiger partial charge on any atom is 0.307 e. The second-order valence-electron chi connectivity index (χ2n) is 6.36. The Morgan fingerprint density at radius 2 is 1.86 bits per heavy atom. The Hall–Kier alpha value is -2.69. The molecule has 0 heterocycles. The van der Waals surface area contributed by atoms with Crippen LogP contribution in [0, 0.1) is 6.92 Å². The van der Waals surface area contributed by atoms with E-state index in [0.29, 0.717) is 39.3 Å². The molecule has 0 atom stereocenters. The number of aliphatic carboxylic acids is 1. The van der Waals surface area contributed by atoms with Gasteiger partial charge in [-0.05, 0) is 36.2 Å². The average Bonchev–Trinajstić information content (AvgIpc) is 2.65. The van der Waals surface area contributed by atoms with Gasteiger partial charge in [-0.1, -0.05) is 71.2 Å². The largest absolute Gasteiger partial charge is 0.487 e. The monoisotopic (exact) mass is 415 g/mol. The van der Waals surface area contributed by atoms with Gasteiger partial charge in [0.15, 0.2) is 0 Å². The fourth-order valence-electron chi connectivity index (χ4n) is 2.82. The lowest BCUT2D eigenvalue weighted by Gasteiger charge is -2.16. The number of halogens is 2. The summed E-state index contributed by atoms with van der Waals surface area (Å²) in [5.74, 6) is -0.424. The summed E-state index contributed by atoms with van der Waals surface area (Å²) in [4.78, 5) is 11.1. The summed E-state index contributed by atoms with van der Waals surface area (Å²) < 4.78 is 5.88. The van der Waals surface area contributed by atoms with Crippen LogP contribution in [0.15, 0.2) is 60.7 Å². The molecule has 28 heavy (non-hydrogen) atoms. The molecule has 0 unspecified atom stereocenters. The number of nitrogens with one attached hydrogen (secondary N) is 1. The first-order valence-electron chi connectivity index (χ1n) is 8.67. The molecule has 0 saturated heterocycles.